The largest absolute Gasteiger partial charge is 0.496 e. The molecule has 5 heteroatoms. The molecule has 0 spiro atoms. The van der Waals surface area contributed by atoms with Crippen molar-refractivity contribution >= 4 is 23.6 Å². The zero-order valence-corrected chi connectivity index (χ0v) is 18.9. The fourth-order valence-electron chi connectivity index (χ4n) is 4.17. The van der Waals surface area contributed by atoms with Crippen molar-refractivity contribution in [3.63, 3.8) is 0 Å². The maximum absolute atomic E-state index is 12.8. The van der Waals surface area contributed by atoms with E-state index in [0.717, 1.165) is 29.4 Å². The molecule has 1 saturated heterocycles. The molecule has 3 aromatic carbocycles. The number of rotatable bonds is 6. The number of carbonyl (C=O) groups is 1. The number of nitrogens with zero attached hydrogens (tertiary/aromatic N) is 2. The first-order valence-electron chi connectivity index (χ1n) is 10.8. The van der Waals surface area contributed by atoms with Gasteiger partial charge in [0.1, 0.15) is 5.75 Å². The number of hydrogen-bond donors (Lipinski definition) is 0. The predicted octanol–water partition coefficient (Wildman–Crippen LogP) is 5.30. The van der Waals surface area contributed by atoms with Gasteiger partial charge in [-0.3, -0.25) is 9.69 Å². The molecule has 32 heavy (non-hydrogen) atoms. The van der Waals surface area contributed by atoms with Crippen molar-refractivity contribution < 1.29 is 9.53 Å². The summed E-state index contributed by atoms with van der Waals surface area (Å²) in [6.07, 6.45) is 3.47. The van der Waals surface area contributed by atoms with E-state index < -0.39 is 0 Å². The van der Waals surface area contributed by atoms with E-state index >= 15 is 0 Å². The average molecular weight is 447 g/mol. The second-order valence-corrected chi connectivity index (χ2v) is 8.24. The van der Waals surface area contributed by atoms with Crippen LogP contribution < -0.4 is 4.74 Å². The first-order chi connectivity index (χ1) is 15.7. The van der Waals surface area contributed by atoms with Crippen LogP contribution in [0.25, 0.3) is 6.08 Å². The normalized spacial score (nSPS) is 15.6. The number of carbonyl (C=O) groups excluding carboxylic acids is 1. The van der Waals surface area contributed by atoms with Crippen LogP contribution in [0, 0.1) is 0 Å². The second-order valence-electron chi connectivity index (χ2n) is 7.80. The van der Waals surface area contributed by atoms with Crippen LogP contribution in [-0.4, -0.2) is 49.0 Å². The maximum atomic E-state index is 12.8. The molecule has 4 nitrogen and oxygen atoms in total. The topological polar surface area (TPSA) is 32.8 Å². The van der Waals surface area contributed by atoms with Gasteiger partial charge in [-0.05, 0) is 35.4 Å². The van der Waals surface area contributed by atoms with Gasteiger partial charge in [0.25, 0.3) is 0 Å². The molecule has 1 unspecified atom stereocenters. The number of amides is 1. The standard InChI is InChI=1S/C27H27ClN2O2/c1-32-25-10-6-5-7-21(25)13-16-26(31)29-17-19-30(20-18-29)27(22-8-3-2-4-9-22)23-11-14-24(28)15-12-23/h2-16,27H,17-20H2,1H3/b16-13+. The quantitative estimate of drug-likeness (QED) is 0.482. The molecule has 1 amide bonds. The van der Waals surface area contributed by atoms with Crippen molar-refractivity contribution in [3.05, 3.63) is 107 Å². The number of piperazine rings is 1. The van der Waals surface area contributed by atoms with Crippen LogP contribution in [0.1, 0.15) is 22.7 Å². The van der Waals surface area contributed by atoms with E-state index in [4.69, 9.17) is 16.3 Å². The Bertz CT molecular complexity index is 1060. The molecule has 164 valence electrons. The average Bonchev–Trinajstić information content (AvgIpc) is 2.85. The fraction of sp³-hybridized carbons (Fsp3) is 0.222. The van der Waals surface area contributed by atoms with Gasteiger partial charge in [-0.2, -0.15) is 0 Å². The molecule has 3 aromatic rings. The Hall–Kier alpha value is -3.08. The van der Waals surface area contributed by atoms with Crippen LogP contribution >= 0.6 is 11.6 Å². The Kier molecular flexibility index (Phi) is 7.25. The minimum atomic E-state index is 0.0262. The lowest BCUT2D eigenvalue weighted by molar-refractivity contribution is -0.127. The smallest absolute Gasteiger partial charge is 0.246 e. The summed E-state index contributed by atoms with van der Waals surface area (Å²) in [6.45, 7) is 2.98. The van der Waals surface area contributed by atoms with Gasteiger partial charge in [0.15, 0.2) is 0 Å². The summed E-state index contributed by atoms with van der Waals surface area (Å²) in [6, 6.07) is 26.4. The first-order valence-corrected chi connectivity index (χ1v) is 11.2. The number of methoxy groups -OCH3 is 1. The third-order valence-electron chi connectivity index (χ3n) is 5.84. The summed E-state index contributed by atoms with van der Waals surface area (Å²) in [5, 5.41) is 0.734. The highest BCUT2D eigenvalue weighted by atomic mass is 35.5. The van der Waals surface area contributed by atoms with E-state index in [1.807, 2.05) is 53.4 Å². The van der Waals surface area contributed by atoms with Gasteiger partial charge in [0, 0.05) is 42.8 Å². The summed E-state index contributed by atoms with van der Waals surface area (Å²) in [7, 11) is 1.64. The fourth-order valence-corrected chi connectivity index (χ4v) is 4.29. The summed E-state index contributed by atoms with van der Waals surface area (Å²) in [4.78, 5) is 17.1. The zero-order valence-electron chi connectivity index (χ0n) is 18.2. The van der Waals surface area contributed by atoms with Gasteiger partial charge in [0.2, 0.25) is 5.91 Å². The van der Waals surface area contributed by atoms with Crippen molar-refractivity contribution in [2.24, 2.45) is 0 Å². The molecule has 1 aliphatic rings. The van der Waals surface area contributed by atoms with Crippen LogP contribution in [-0.2, 0) is 4.79 Å². The highest BCUT2D eigenvalue weighted by molar-refractivity contribution is 6.30. The Labute approximate surface area is 194 Å². The van der Waals surface area contributed by atoms with Crippen LogP contribution in [0.4, 0.5) is 0 Å². The van der Waals surface area contributed by atoms with Gasteiger partial charge in [-0.25, -0.2) is 0 Å². The third kappa shape index (κ3) is 5.21. The van der Waals surface area contributed by atoms with E-state index in [0.29, 0.717) is 13.1 Å². The summed E-state index contributed by atoms with van der Waals surface area (Å²) < 4.78 is 5.36. The van der Waals surface area contributed by atoms with Gasteiger partial charge in [-0.15, -0.1) is 0 Å². The van der Waals surface area contributed by atoms with E-state index in [1.54, 1.807) is 13.2 Å². The van der Waals surface area contributed by atoms with Gasteiger partial charge < -0.3 is 9.64 Å². The van der Waals surface area contributed by atoms with Crippen LogP contribution in [0.15, 0.2) is 84.9 Å². The molecule has 0 bridgehead atoms. The molecule has 1 atom stereocenters. The SMILES string of the molecule is COc1ccccc1/C=C/C(=O)N1CCN(C(c2ccccc2)c2ccc(Cl)cc2)CC1. The number of benzene rings is 3. The lowest BCUT2D eigenvalue weighted by Gasteiger charge is -2.39. The maximum Gasteiger partial charge on any atom is 0.246 e. The minimum Gasteiger partial charge on any atom is -0.496 e. The van der Waals surface area contributed by atoms with Crippen LogP contribution in [0.2, 0.25) is 5.02 Å². The Morgan fingerprint density at radius 2 is 1.50 bits per heavy atom. The molecule has 1 heterocycles. The van der Waals surface area contributed by atoms with E-state index in [2.05, 4.69) is 41.3 Å². The van der Waals surface area contributed by atoms with Crippen molar-refractivity contribution in [3.8, 4) is 5.75 Å². The number of hydrogen-bond acceptors (Lipinski definition) is 3. The number of para-hydroxylation sites is 1. The zero-order chi connectivity index (χ0) is 22.3. The number of halogens is 1. The van der Waals surface area contributed by atoms with E-state index in [1.165, 1.54) is 11.1 Å². The summed E-state index contributed by atoms with van der Waals surface area (Å²) in [5.74, 6) is 0.786. The molecular formula is C27H27ClN2O2. The molecule has 4 rings (SSSR count). The van der Waals surface area contributed by atoms with Gasteiger partial charge in [0.05, 0.1) is 13.2 Å². The second kappa shape index (κ2) is 10.5. The molecule has 1 fully saturated rings. The molecule has 0 N–H and O–H groups in total. The van der Waals surface area contributed by atoms with Crippen molar-refractivity contribution in [1.82, 2.24) is 9.80 Å². The van der Waals surface area contributed by atoms with Gasteiger partial charge >= 0.3 is 0 Å². The van der Waals surface area contributed by atoms with Gasteiger partial charge in [-0.1, -0.05) is 72.3 Å². The molecule has 0 saturated carbocycles. The Morgan fingerprint density at radius 1 is 0.875 bits per heavy atom. The van der Waals surface area contributed by atoms with E-state index in [9.17, 15) is 4.79 Å². The van der Waals surface area contributed by atoms with Crippen LogP contribution in [0.5, 0.6) is 5.75 Å². The highest BCUT2D eigenvalue weighted by Gasteiger charge is 2.27. The van der Waals surface area contributed by atoms with Crippen LogP contribution in [0.3, 0.4) is 0 Å². The molecule has 0 aliphatic carbocycles. The Balaban J connectivity index is 1.45. The molecule has 0 aromatic heterocycles. The summed E-state index contributed by atoms with van der Waals surface area (Å²) in [5.41, 5.74) is 3.34. The Morgan fingerprint density at radius 3 is 2.19 bits per heavy atom. The minimum absolute atomic E-state index is 0.0262. The van der Waals surface area contributed by atoms with E-state index in [-0.39, 0.29) is 11.9 Å². The predicted molar refractivity (Wildman–Crippen MR) is 130 cm³/mol. The molecule has 0 radical (unpaired) electrons. The third-order valence-corrected chi connectivity index (χ3v) is 6.09. The first kappa shape index (κ1) is 22.1. The summed E-state index contributed by atoms with van der Waals surface area (Å²) >= 11 is 6.12. The van der Waals surface area contributed by atoms with Crippen molar-refractivity contribution in [2.75, 3.05) is 33.3 Å². The lowest BCUT2D eigenvalue weighted by atomic mass is 9.96. The molecular weight excluding hydrogens is 420 g/mol. The monoisotopic (exact) mass is 446 g/mol. The molecule has 1 aliphatic heterocycles. The van der Waals surface area contributed by atoms with Crippen molar-refractivity contribution in [2.45, 2.75) is 6.04 Å². The number of ether oxygens (including phenoxy) is 1. The lowest BCUT2D eigenvalue weighted by Crippen LogP contribution is -2.49. The van der Waals surface area contributed by atoms with Crippen molar-refractivity contribution in [1.29, 1.82) is 0 Å². The highest BCUT2D eigenvalue weighted by Crippen LogP contribution is 2.30.